The van der Waals surface area contributed by atoms with Crippen LogP contribution >= 0.6 is 15.9 Å². The van der Waals surface area contributed by atoms with Crippen molar-refractivity contribution in [3.05, 3.63) is 23.1 Å². The Labute approximate surface area is 129 Å². The van der Waals surface area contributed by atoms with E-state index in [0.717, 1.165) is 35.1 Å². The van der Waals surface area contributed by atoms with Crippen molar-refractivity contribution in [3.63, 3.8) is 0 Å². The summed E-state index contributed by atoms with van der Waals surface area (Å²) in [6, 6.07) is 2.01. The number of aryl methyl sites for hydroxylation is 1. The van der Waals surface area contributed by atoms with E-state index < -0.39 is 0 Å². The lowest BCUT2D eigenvalue weighted by Gasteiger charge is -2.17. The zero-order chi connectivity index (χ0) is 14.4. The predicted molar refractivity (Wildman–Crippen MR) is 86.9 cm³/mol. The molecule has 0 aromatic carbocycles. The SMILES string of the molecule is CCN(CC)CCCCCn1ncc2cc(Br)ncc21. The minimum Gasteiger partial charge on any atom is -0.304 e. The summed E-state index contributed by atoms with van der Waals surface area (Å²) in [5.41, 5.74) is 1.12. The topological polar surface area (TPSA) is 34.0 Å². The molecule has 0 aliphatic rings. The lowest BCUT2D eigenvalue weighted by molar-refractivity contribution is 0.294. The second-order valence-electron chi connectivity index (χ2n) is 5.02. The lowest BCUT2D eigenvalue weighted by atomic mass is 10.2. The van der Waals surface area contributed by atoms with Crippen molar-refractivity contribution in [1.82, 2.24) is 19.7 Å². The summed E-state index contributed by atoms with van der Waals surface area (Å²) in [7, 11) is 0. The second kappa shape index (κ2) is 7.74. The average Bonchev–Trinajstić information content (AvgIpc) is 2.85. The molecule has 2 aromatic heterocycles. The van der Waals surface area contributed by atoms with Crippen LogP contribution < -0.4 is 0 Å². The van der Waals surface area contributed by atoms with E-state index in [1.165, 1.54) is 25.8 Å². The first kappa shape index (κ1) is 15.4. The molecule has 0 radical (unpaired) electrons. The Morgan fingerprint density at radius 3 is 2.70 bits per heavy atom. The smallest absolute Gasteiger partial charge is 0.106 e. The first-order valence-electron chi connectivity index (χ1n) is 7.44. The number of halogens is 1. The number of fused-ring (bicyclic) bond motifs is 1. The van der Waals surface area contributed by atoms with Gasteiger partial charge in [-0.05, 0) is 54.5 Å². The van der Waals surface area contributed by atoms with Crippen molar-refractivity contribution in [3.8, 4) is 0 Å². The maximum atomic E-state index is 4.45. The second-order valence-corrected chi connectivity index (χ2v) is 5.83. The average molecular weight is 339 g/mol. The van der Waals surface area contributed by atoms with Crippen LogP contribution in [0.15, 0.2) is 23.1 Å². The summed E-state index contributed by atoms with van der Waals surface area (Å²) >= 11 is 3.39. The molecule has 0 amide bonds. The number of hydrogen-bond acceptors (Lipinski definition) is 3. The van der Waals surface area contributed by atoms with Gasteiger partial charge in [-0.15, -0.1) is 0 Å². The highest BCUT2D eigenvalue weighted by Gasteiger charge is 2.04. The van der Waals surface area contributed by atoms with Gasteiger partial charge in [0.1, 0.15) is 4.60 Å². The molecule has 2 rings (SSSR count). The molecular weight excluding hydrogens is 316 g/mol. The number of unbranched alkanes of at least 4 members (excludes halogenated alkanes) is 2. The van der Waals surface area contributed by atoms with E-state index in [4.69, 9.17) is 0 Å². The standard InChI is InChI=1S/C15H23BrN4/c1-3-19(4-2)8-6-5-7-9-20-14-12-17-15(16)10-13(14)11-18-20/h10-12H,3-9H2,1-2H3. The van der Waals surface area contributed by atoms with E-state index in [1.807, 2.05) is 18.5 Å². The van der Waals surface area contributed by atoms with Gasteiger partial charge >= 0.3 is 0 Å². The van der Waals surface area contributed by atoms with E-state index in [9.17, 15) is 0 Å². The fourth-order valence-electron chi connectivity index (χ4n) is 2.44. The van der Waals surface area contributed by atoms with Gasteiger partial charge in [0.25, 0.3) is 0 Å². The molecule has 0 N–H and O–H groups in total. The number of nitrogens with zero attached hydrogens (tertiary/aromatic N) is 4. The molecule has 0 fully saturated rings. The van der Waals surface area contributed by atoms with Crippen molar-refractivity contribution >= 4 is 26.8 Å². The van der Waals surface area contributed by atoms with Crippen molar-refractivity contribution in [1.29, 1.82) is 0 Å². The van der Waals surface area contributed by atoms with Gasteiger partial charge in [-0.3, -0.25) is 4.68 Å². The Bertz CT molecular complexity index is 534. The summed E-state index contributed by atoms with van der Waals surface area (Å²) in [5.74, 6) is 0. The molecule has 0 unspecified atom stereocenters. The lowest BCUT2D eigenvalue weighted by Crippen LogP contribution is -2.23. The van der Waals surface area contributed by atoms with Crippen LogP contribution in [0.3, 0.4) is 0 Å². The Morgan fingerprint density at radius 1 is 1.15 bits per heavy atom. The quantitative estimate of drug-likeness (QED) is 0.543. The van der Waals surface area contributed by atoms with Crippen LogP contribution in [0.25, 0.3) is 10.9 Å². The zero-order valence-corrected chi connectivity index (χ0v) is 13.9. The van der Waals surface area contributed by atoms with Gasteiger partial charge in [-0.2, -0.15) is 5.10 Å². The predicted octanol–water partition coefficient (Wildman–Crippen LogP) is 3.71. The molecule has 0 bridgehead atoms. The van der Waals surface area contributed by atoms with Gasteiger partial charge < -0.3 is 4.90 Å². The van der Waals surface area contributed by atoms with E-state index in [0.29, 0.717) is 0 Å². The number of rotatable bonds is 8. The molecule has 2 aromatic rings. The Morgan fingerprint density at radius 2 is 1.95 bits per heavy atom. The molecule has 110 valence electrons. The highest BCUT2D eigenvalue weighted by atomic mass is 79.9. The molecule has 2 heterocycles. The van der Waals surface area contributed by atoms with E-state index in [1.54, 1.807) is 0 Å². The zero-order valence-electron chi connectivity index (χ0n) is 12.3. The Kier molecular flexibility index (Phi) is 5.98. The van der Waals surface area contributed by atoms with Crippen LogP contribution in [-0.2, 0) is 6.54 Å². The van der Waals surface area contributed by atoms with Crippen LogP contribution in [0.2, 0.25) is 0 Å². The molecule has 0 saturated carbocycles. The maximum Gasteiger partial charge on any atom is 0.106 e. The molecule has 20 heavy (non-hydrogen) atoms. The minimum atomic E-state index is 0.865. The first-order chi connectivity index (χ1) is 9.74. The Balaban J connectivity index is 1.79. The minimum absolute atomic E-state index is 0.865. The number of aromatic nitrogens is 3. The molecule has 5 heteroatoms. The van der Waals surface area contributed by atoms with Gasteiger partial charge in [0.15, 0.2) is 0 Å². The molecule has 0 spiro atoms. The number of pyridine rings is 1. The third-order valence-corrected chi connectivity index (χ3v) is 4.17. The third-order valence-electron chi connectivity index (χ3n) is 3.73. The van der Waals surface area contributed by atoms with E-state index >= 15 is 0 Å². The van der Waals surface area contributed by atoms with Crippen molar-refractivity contribution in [2.45, 2.75) is 39.7 Å². The first-order valence-corrected chi connectivity index (χ1v) is 8.23. The summed E-state index contributed by atoms with van der Waals surface area (Å²) in [5, 5.41) is 5.60. The van der Waals surface area contributed by atoms with Crippen LogP contribution in [-0.4, -0.2) is 39.3 Å². The van der Waals surface area contributed by atoms with Crippen LogP contribution in [0.5, 0.6) is 0 Å². The number of hydrogen-bond donors (Lipinski definition) is 0. The Hall–Kier alpha value is -0.940. The normalized spacial score (nSPS) is 11.6. The summed E-state index contributed by atoms with van der Waals surface area (Å²) in [6.07, 6.45) is 7.50. The van der Waals surface area contributed by atoms with Crippen molar-refractivity contribution < 1.29 is 0 Å². The molecule has 0 aliphatic heterocycles. The van der Waals surface area contributed by atoms with Crippen molar-refractivity contribution in [2.24, 2.45) is 0 Å². The van der Waals surface area contributed by atoms with Gasteiger partial charge in [-0.25, -0.2) is 4.98 Å². The van der Waals surface area contributed by atoms with Crippen LogP contribution in [0.1, 0.15) is 33.1 Å². The van der Waals surface area contributed by atoms with Gasteiger partial charge in [0, 0.05) is 11.9 Å². The fraction of sp³-hybridized carbons (Fsp3) is 0.600. The third kappa shape index (κ3) is 4.03. The summed E-state index contributed by atoms with van der Waals surface area (Å²) in [4.78, 5) is 6.76. The monoisotopic (exact) mass is 338 g/mol. The van der Waals surface area contributed by atoms with E-state index in [-0.39, 0.29) is 0 Å². The van der Waals surface area contributed by atoms with Gasteiger partial charge in [0.05, 0.1) is 17.9 Å². The van der Waals surface area contributed by atoms with Crippen LogP contribution in [0, 0.1) is 0 Å². The van der Waals surface area contributed by atoms with Gasteiger partial charge in [0.2, 0.25) is 0 Å². The highest BCUT2D eigenvalue weighted by Crippen LogP contribution is 2.17. The highest BCUT2D eigenvalue weighted by molar-refractivity contribution is 9.10. The van der Waals surface area contributed by atoms with Crippen LogP contribution in [0.4, 0.5) is 0 Å². The largest absolute Gasteiger partial charge is 0.304 e. The summed E-state index contributed by atoms with van der Waals surface area (Å²) in [6.45, 7) is 8.95. The van der Waals surface area contributed by atoms with Gasteiger partial charge in [-0.1, -0.05) is 20.3 Å². The molecule has 0 atom stereocenters. The molecule has 4 nitrogen and oxygen atoms in total. The van der Waals surface area contributed by atoms with E-state index in [2.05, 4.69) is 49.4 Å². The fourth-order valence-corrected chi connectivity index (χ4v) is 2.79. The van der Waals surface area contributed by atoms with Crippen molar-refractivity contribution in [2.75, 3.05) is 19.6 Å². The summed E-state index contributed by atoms with van der Waals surface area (Å²) < 4.78 is 2.93. The molecular formula is C15H23BrN4. The molecule has 0 saturated heterocycles. The maximum absolute atomic E-state index is 4.45. The molecule has 0 aliphatic carbocycles.